The molecule has 0 saturated carbocycles. The Morgan fingerprint density at radius 2 is 2.04 bits per heavy atom. The van der Waals surface area contributed by atoms with Gasteiger partial charge in [-0.05, 0) is 6.07 Å². The summed E-state index contributed by atoms with van der Waals surface area (Å²) < 4.78 is 38.4. The van der Waals surface area contributed by atoms with Gasteiger partial charge in [-0.1, -0.05) is 30.0 Å². The number of carbonyl (C=O) groups excluding carboxylic acids is 1. The van der Waals surface area contributed by atoms with Crippen LogP contribution in [0, 0.1) is 0 Å². The van der Waals surface area contributed by atoms with Crippen LogP contribution in [0.3, 0.4) is 0 Å². The van der Waals surface area contributed by atoms with Crippen LogP contribution in [0.15, 0.2) is 44.0 Å². The average molecular weight is 373 g/mol. The SMILES string of the molecule is O=C(CSc1n[nH]c(=O)[nH]c1=O)N/N=C/c1ccccc1C(F)(F)F. The molecule has 1 aromatic carbocycles. The lowest BCUT2D eigenvalue weighted by molar-refractivity contribution is -0.137. The molecule has 3 N–H and O–H groups in total. The van der Waals surface area contributed by atoms with E-state index in [9.17, 15) is 27.6 Å². The van der Waals surface area contributed by atoms with E-state index in [4.69, 9.17) is 0 Å². The van der Waals surface area contributed by atoms with E-state index in [1.165, 1.54) is 18.2 Å². The van der Waals surface area contributed by atoms with Gasteiger partial charge in [-0.2, -0.15) is 23.4 Å². The van der Waals surface area contributed by atoms with Crippen LogP contribution in [0.4, 0.5) is 13.2 Å². The largest absolute Gasteiger partial charge is 0.417 e. The molecule has 2 aromatic rings. The number of hydrogen-bond donors (Lipinski definition) is 3. The predicted octanol–water partition coefficient (Wildman–Crippen LogP) is 0.719. The molecule has 2 rings (SSSR count). The summed E-state index contributed by atoms with van der Waals surface area (Å²) in [6, 6.07) is 4.75. The second-order valence-electron chi connectivity index (χ2n) is 4.48. The van der Waals surface area contributed by atoms with Crippen molar-refractivity contribution in [3.8, 4) is 0 Å². The van der Waals surface area contributed by atoms with Gasteiger partial charge in [0.2, 0.25) is 5.91 Å². The number of H-pyrrole nitrogens is 2. The van der Waals surface area contributed by atoms with Gasteiger partial charge >= 0.3 is 11.9 Å². The molecule has 0 bridgehead atoms. The molecular formula is C13H10F3N5O3S. The van der Waals surface area contributed by atoms with Crippen molar-refractivity contribution >= 4 is 23.9 Å². The Bertz CT molecular complexity index is 907. The summed E-state index contributed by atoms with van der Waals surface area (Å²) in [5.74, 6) is -0.946. The highest BCUT2D eigenvalue weighted by Gasteiger charge is 2.32. The molecule has 0 fully saturated rings. The first kappa shape index (κ1) is 18.4. The summed E-state index contributed by atoms with van der Waals surface area (Å²) in [5.41, 5.74) is -0.594. The molecule has 0 unspecified atom stereocenters. The molecule has 132 valence electrons. The van der Waals surface area contributed by atoms with Crippen LogP contribution >= 0.6 is 11.8 Å². The monoisotopic (exact) mass is 373 g/mol. The number of carbonyl (C=O) groups is 1. The van der Waals surface area contributed by atoms with Crippen molar-refractivity contribution in [2.24, 2.45) is 5.10 Å². The Hall–Kier alpha value is -2.89. The number of nitrogens with zero attached hydrogens (tertiary/aromatic N) is 2. The number of alkyl halides is 3. The second kappa shape index (κ2) is 7.79. The van der Waals surface area contributed by atoms with Crippen LogP contribution in [0.5, 0.6) is 0 Å². The summed E-state index contributed by atoms with van der Waals surface area (Å²) in [5, 5.41) is 8.78. The first-order chi connectivity index (χ1) is 11.8. The number of rotatable bonds is 5. The van der Waals surface area contributed by atoms with E-state index in [-0.39, 0.29) is 16.3 Å². The van der Waals surface area contributed by atoms with Crippen molar-refractivity contribution in [1.29, 1.82) is 0 Å². The van der Waals surface area contributed by atoms with Crippen LogP contribution in [0.2, 0.25) is 0 Å². The fourth-order valence-corrected chi connectivity index (χ4v) is 2.27. The van der Waals surface area contributed by atoms with Crippen LogP contribution in [-0.4, -0.2) is 33.1 Å². The molecule has 0 atom stereocenters. The normalized spacial score (nSPS) is 11.6. The first-order valence-electron chi connectivity index (χ1n) is 6.57. The maximum atomic E-state index is 12.8. The van der Waals surface area contributed by atoms with Crippen LogP contribution < -0.4 is 16.7 Å². The maximum absolute atomic E-state index is 12.8. The highest BCUT2D eigenvalue weighted by molar-refractivity contribution is 7.99. The molecule has 1 aromatic heterocycles. The smallest absolute Gasteiger partial charge is 0.272 e. The summed E-state index contributed by atoms with van der Waals surface area (Å²) in [6.07, 6.45) is -3.67. The van der Waals surface area contributed by atoms with Crippen molar-refractivity contribution < 1.29 is 18.0 Å². The molecule has 12 heteroatoms. The standard InChI is InChI=1S/C13H10F3N5O3S/c14-13(15,16)8-4-2-1-3-7(8)5-17-19-9(22)6-25-11-10(23)18-12(24)21-20-11/h1-5H,6H2,(H,19,22)(H2,18,21,23,24)/b17-5+. The van der Waals surface area contributed by atoms with E-state index < -0.39 is 28.9 Å². The summed E-state index contributed by atoms with van der Waals surface area (Å²) in [6.45, 7) is 0. The van der Waals surface area contributed by atoms with Crippen LogP contribution in [-0.2, 0) is 11.0 Å². The molecule has 0 aliphatic heterocycles. The summed E-state index contributed by atoms with van der Waals surface area (Å²) >= 11 is 0.727. The minimum absolute atomic E-state index is 0.138. The molecule has 0 radical (unpaired) electrons. The zero-order valence-corrected chi connectivity index (χ0v) is 13.1. The van der Waals surface area contributed by atoms with Crippen LogP contribution in [0.1, 0.15) is 11.1 Å². The van der Waals surface area contributed by atoms with E-state index in [0.29, 0.717) is 0 Å². The Balaban J connectivity index is 1.95. The number of nitrogens with one attached hydrogen (secondary N) is 3. The van der Waals surface area contributed by atoms with Gasteiger partial charge in [-0.3, -0.25) is 14.6 Å². The maximum Gasteiger partial charge on any atom is 0.417 e. The topological polar surface area (TPSA) is 120 Å². The highest BCUT2D eigenvalue weighted by Crippen LogP contribution is 2.30. The zero-order chi connectivity index (χ0) is 18.4. The summed E-state index contributed by atoms with van der Waals surface area (Å²) in [7, 11) is 0. The molecule has 1 heterocycles. The molecule has 0 saturated heterocycles. The van der Waals surface area contributed by atoms with Gasteiger partial charge in [0.05, 0.1) is 17.5 Å². The Morgan fingerprint density at radius 3 is 2.72 bits per heavy atom. The van der Waals surface area contributed by atoms with Crippen molar-refractivity contribution in [2.75, 3.05) is 5.75 Å². The molecule has 0 spiro atoms. The number of thioether (sulfide) groups is 1. The minimum Gasteiger partial charge on any atom is -0.272 e. The first-order valence-corrected chi connectivity index (χ1v) is 7.56. The lowest BCUT2D eigenvalue weighted by atomic mass is 10.1. The van der Waals surface area contributed by atoms with Gasteiger partial charge in [0.1, 0.15) is 0 Å². The van der Waals surface area contributed by atoms with E-state index >= 15 is 0 Å². The average Bonchev–Trinajstić information content (AvgIpc) is 2.53. The van der Waals surface area contributed by atoms with E-state index in [2.05, 4.69) is 10.2 Å². The summed E-state index contributed by atoms with van der Waals surface area (Å²) in [4.78, 5) is 35.7. The van der Waals surface area contributed by atoms with Crippen molar-refractivity contribution in [2.45, 2.75) is 11.2 Å². The Morgan fingerprint density at radius 1 is 1.32 bits per heavy atom. The number of hydrogen-bond acceptors (Lipinski definition) is 6. The Kier molecular flexibility index (Phi) is 5.75. The zero-order valence-electron chi connectivity index (χ0n) is 12.3. The molecular weight excluding hydrogens is 363 g/mol. The number of halogens is 3. The highest BCUT2D eigenvalue weighted by atomic mass is 32.2. The number of amides is 1. The molecule has 1 amide bonds. The van der Waals surface area contributed by atoms with Gasteiger partial charge in [-0.15, -0.1) is 0 Å². The second-order valence-corrected chi connectivity index (χ2v) is 5.44. The van der Waals surface area contributed by atoms with Gasteiger partial charge in [-0.25, -0.2) is 15.3 Å². The number of aromatic amines is 2. The Labute approximate surface area is 141 Å². The molecule has 0 aliphatic rings. The number of aromatic nitrogens is 3. The van der Waals surface area contributed by atoms with Gasteiger partial charge < -0.3 is 0 Å². The molecule has 25 heavy (non-hydrogen) atoms. The molecule has 8 nitrogen and oxygen atoms in total. The lowest BCUT2D eigenvalue weighted by Crippen LogP contribution is -2.26. The van der Waals surface area contributed by atoms with Crippen molar-refractivity contribution in [3.63, 3.8) is 0 Å². The fourth-order valence-electron chi connectivity index (χ4n) is 1.64. The third-order valence-corrected chi connectivity index (χ3v) is 3.64. The van der Waals surface area contributed by atoms with E-state index in [0.717, 1.165) is 24.0 Å². The van der Waals surface area contributed by atoms with Crippen molar-refractivity contribution in [1.82, 2.24) is 20.6 Å². The fraction of sp³-hybridized carbons (Fsp3) is 0.154. The predicted molar refractivity (Wildman–Crippen MR) is 83.4 cm³/mol. The van der Waals surface area contributed by atoms with Crippen molar-refractivity contribution in [3.05, 3.63) is 56.2 Å². The van der Waals surface area contributed by atoms with E-state index in [1.54, 1.807) is 0 Å². The lowest BCUT2D eigenvalue weighted by Gasteiger charge is -2.09. The van der Waals surface area contributed by atoms with Gasteiger partial charge in [0.25, 0.3) is 5.56 Å². The minimum atomic E-state index is -4.54. The quantitative estimate of drug-likeness (QED) is 0.405. The third-order valence-electron chi connectivity index (χ3n) is 2.68. The number of benzene rings is 1. The van der Waals surface area contributed by atoms with Gasteiger partial charge in [0.15, 0.2) is 5.03 Å². The van der Waals surface area contributed by atoms with Gasteiger partial charge in [0, 0.05) is 5.56 Å². The van der Waals surface area contributed by atoms with E-state index in [1.807, 2.05) is 15.5 Å². The third kappa shape index (κ3) is 5.31. The molecule has 0 aliphatic carbocycles. The number of hydrazone groups is 1. The van der Waals surface area contributed by atoms with Crippen LogP contribution in [0.25, 0.3) is 0 Å².